The number of aliphatic carboxylic acids is 1. The predicted octanol–water partition coefficient (Wildman–Crippen LogP) is 2.08. The highest BCUT2D eigenvalue weighted by Crippen LogP contribution is 2.10. The molecule has 0 bridgehead atoms. The molecule has 0 radical (unpaired) electrons. The molecule has 2 atom stereocenters. The Morgan fingerprint density at radius 3 is 2.79 bits per heavy atom. The molecule has 2 N–H and O–H groups in total. The van der Waals surface area contributed by atoms with Gasteiger partial charge >= 0.3 is 5.97 Å². The molecule has 19 heavy (non-hydrogen) atoms. The first kappa shape index (κ1) is 15.6. The highest BCUT2D eigenvalue weighted by molar-refractivity contribution is 7.09. The fourth-order valence-electron chi connectivity index (χ4n) is 1.71. The van der Waals surface area contributed by atoms with Gasteiger partial charge < -0.3 is 10.4 Å². The first-order valence-electron chi connectivity index (χ1n) is 6.45. The van der Waals surface area contributed by atoms with Gasteiger partial charge in [0.1, 0.15) is 6.04 Å². The van der Waals surface area contributed by atoms with Crippen LogP contribution in [0.5, 0.6) is 0 Å². The molecule has 0 aliphatic carbocycles. The van der Waals surface area contributed by atoms with E-state index in [1.165, 1.54) is 0 Å². The van der Waals surface area contributed by atoms with Crippen molar-refractivity contribution in [3.05, 3.63) is 16.6 Å². The molecule has 1 aromatic heterocycles. The first-order chi connectivity index (χ1) is 9.04. The lowest BCUT2D eigenvalue weighted by atomic mass is 9.99. The van der Waals surface area contributed by atoms with E-state index in [2.05, 4.69) is 10.3 Å². The maximum absolute atomic E-state index is 11.7. The smallest absolute Gasteiger partial charge is 0.326 e. The molecule has 1 amide bonds. The van der Waals surface area contributed by atoms with Crippen molar-refractivity contribution in [3.63, 3.8) is 0 Å². The minimum absolute atomic E-state index is 0.0691. The number of nitrogens with one attached hydrogen (secondary N) is 1. The number of nitrogens with zero attached hydrogens (tertiary/aromatic N) is 1. The van der Waals surface area contributed by atoms with Crippen molar-refractivity contribution in [3.8, 4) is 0 Å². The fraction of sp³-hybridized carbons (Fsp3) is 0.615. The lowest BCUT2D eigenvalue weighted by molar-refractivity contribution is -0.143. The lowest BCUT2D eigenvalue weighted by Crippen LogP contribution is -2.44. The molecule has 106 valence electrons. The Balaban J connectivity index is 2.34. The molecule has 0 unspecified atom stereocenters. The van der Waals surface area contributed by atoms with Crippen LogP contribution in [0, 0.1) is 5.92 Å². The Bertz CT molecular complexity index is 406. The zero-order valence-electron chi connectivity index (χ0n) is 11.3. The summed E-state index contributed by atoms with van der Waals surface area (Å²) in [6.07, 6.45) is 4.23. The fourth-order valence-corrected chi connectivity index (χ4v) is 2.37. The molecule has 0 saturated carbocycles. The standard InChI is InChI=1S/C13H20N2O3S/c1-3-9(2)12(13(17)18)15-10(16)5-4-6-11-14-7-8-19-11/h7-9,12H,3-6H2,1-2H3,(H,15,16)(H,17,18)/t9-,12-/m0/s1. The molecule has 0 fully saturated rings. The van der Waals surface area contributed by atoms with E-state index in [1.807, 2.05) is 19.2 Å². The van der Waals surface area contributed by atoms with Gasteiger partial charge in [0.15, 0.2) is 0 Å². The Kier molecular flexibility index (Phi) is 6.49. The number of carboxylic acids is 1. The summed E-state index contributed by atoms with van der Waals surface area (Å²) in [5, 5.41) is 14.6. The lowest BCUT2D eigenvalue weighted by Gasteiger charge is -2.20. The second-order valence-electron chi connectivity index (χ2n) is 4.55. The van der Waals surface area contributed by atoms with Gasteiger partial charge in [-0.2, -0.15) is 0 Å². The molecule has 0 aromatic carbocycles. The van der Waals surface area contributed by atoms with Crippen molar-refractivity contribution in [2.75, 3.05) is 0 Å². The molecule has 0 saturated heterocycles. The van der Waals surface area contributed by atoms with Gasteiger partial charge in [-0.05, 0) is 18.8 Å². The maximum atomic E-state index is 11.7. The predicted molar refractivity (Wildman–Crippen MR) is 74.1 cm³/mol. The van der Waals surface area contributed by atoms with Crippen LogP contribution in [0.25, 0.3) is 0 Å². The van der Waals surface area contributed by atoms with Crippen LogP contribution in [-0.2, 0) is 16.0 Å². The van der Waals surface area contributed by atoms with Crippen LogP contribution in [0.15, 0.2) is 11.6 Å². The topological polar surface area (TPSA) is 79.3 Å². The number of amides is 1. The molecule has 1 aromatic rings. The zero-order chi connectivity index (χ0) is 14.3. The highest BCUT2D eigenvalue weighted by atomic mass is 32.1. The largest absolute Gasteiger partial charge is 0.480 e. The molecule has 1 heterocycles. The molecular formula is C13H20N2O3S. The molecule has 0 aliphatic rings. The van der Waals surface area contributed by atoms with Crippen LogP contribution in [0.3, 0.4) is 0 Å². The molecular weight excluding hydrogens is 264 g/mol. The van der Waals surface area contributed by atoms with Gasteiger partial charge in [0.05, 0.1) is 5.01 Å². The molecule has 6 heteroatoms. The van der Waals surface area contributed by atoms with Gasteiger partial charge in [0, 0.05) is 18.0 Å². The zero-order valence-corrected chi connectivity index (χ0v) is 12.1. The van der Waals surface area contributed by atoms with Gasteiger partial charge in [-0.25, -0.2) is 9.78 Å². The SMILES string of the molecule is CC[C@H](C)[C@H](NC(=O)CCCc1nccs1)C(=O)O. The van der Waals surface area contributed by atoms with E-state index in [1.54, 1.807) is 17.5 Å². The Morgan fingerprint density at radius 2 is 2.26 bits per heavy atom. The van der Waals surface area contributed by atoms with E-state index in [-0.39, 0.29) is 11.8 Å². The molecule has 1 rings (SSSR count). The van der Waals surface area contributed by atoms with Crippen LogP contribution >= 0.6 is 11.3 Å². The maximum Gasteiger partial charge on any atom is 0.326 e. The van der Waals surface area contributed by atoms with E-state index in [0.29, 0.717) is 12.8 Å². The number of rotatable bonds is 8. The Morgan fingerprint density at radius 1 is 1.53 bits per heavy atom. The van der Waals surface area contributed by atoms with E-state index in [9.17, 15) is 9.59 Å². The van der Waals surface area contributed by atoms with Crippen molar-refractivity contribution in [2.45, 2.75) is 45.6 Å². The number of hydrogen-bond acceptors (Lipinski definition) is 4. The molecule has 5 nitrogen and oxygen atoms in total. The van der Waals surface area contributed by atoms with Crippen LogP contribution < -0.4 is 5.32 Å². The highest BCUT2D eigenvalue weighted by Gasteiger charge is 2.24. The number of aromatic nitrogens is 1. The summed E-state index contributed by atoms with van der Waals surface area (Å²) in [5.41, 5.74) is 0. The number of aryl methyl sites for hydroxylation is 1. The second kappa shape index (κ2) is 7.89. The monoisotopic (exact) mass is 284 g/mol. The Hall–Kier alpha value is -1.43. The summed E-state index contributed by atoms with van der Waals surface area (Å²) in [7, 11) is 0. The van der Waals surface area contributed by atoms with Gasteiger partial charge in [-0.3, -0.25) is 4.79 Å². The third kappa shape index (κ3) is 5.38. The number of carbonyl (C=O) groups is 2. The summed E-state index contributed by atoms with van der Waals surface area (Å²) in [6, 6.07) is -0.794. The van der Waals surface area contributed by atoms with Gasteiger partial charge in [-0.1, -0.05) is 20.3 Å². The summed E-state index contributed by atoms with van der Waals surface area (Å²) in [6.45, 7) is 3.74. The van der Waals surface area contributed by atoms with Crippen molar-refractivity contribution in [1.29, 1.82) is 0 Å². The number of hydrogen-bond donors (Lipinski definition) is 2. The van der Waals surface area contributed by atoms with Crippen LogP contribution in [-0.4, -0.2) is 28.0 Å². The normalized spacial score (nSPS) is 13.8. The third-order valence-corrected chi connectivity index (χ3v) is 3.91. The number of thiazole rings is 1. The van der Waals surface area contributed by atoms with Crippen molar-refractivity contribution < 1.29 is 14.7 Å². The van der Waals surface area contributed by atoms with E-state index < -0.39 is 12.0 Å². The minimum atomic E-state index is -0.970. The molecule has 0 spiro atoms. The average Bonchev–Trinajstić information content (AvgIpc) is 2.87. The van der Waals surface area contributed by atoms with Gasteiger partial charge in [0.2, 0.25) is 5.91 Å². The van der Waals surface area contributed by atoms with Gasteiger partial charge in [0.25, 0.3) is 0 Å². The summed E-state index contributed by atoms with van der Waals surface area (Å²) < 4.78 is 0. The van der Waals surface area contributed by atoms with Crippen molar-refractivity contribution >= 4 is 23.2 Å². The van der Waals surface area contributed by atoms with E-state index >= 15 is 0 Å². The number of carboxylic acid groups (broad SMARTS) is 1. The van der Waals surface area contributed by atoms with E-state index in [0.717, 1.165) is 17.8 Å². The first-order valence-corrected chi connectivity index (χ1v) is 7.33. The minimum Gasteiger partial charge on any atom is -0.480 e. The third-order valence-electron chi connectivity index (χ3n) is 3.07. The van der Waals surface area contributed by atoms with Crippen LogP contribution in [0.1, 0.15) is 38.1 Å². The summed E-state index contributed by atoms with van der Waals surface area (Å²) in [5.74, 6) is -1.24. The van der Waals surface area contributed by atoms with Gasteiger partial charge in [-0.15, -0.1) is 11.3 Å². The van der Waals surface area contributed by atoms with Crippen molar-refractivity contribution in [1.82, 2.24) is 10.3 Å². The van der Waals surface area contributed by atoms with E-state index in [4.69, 9.17) is 5.11 Å². The molecule has 0 aliphatic heterocycles. The summed E-state index contributed by atoms with van der Waals surface area (Å²) >= 11 is 1.56. The second-order valence-corrected chi connectivity index (χ2v) is 5.53. The Labute approximate surface area is 117 Å². The van der Waals surface area contributed by atoms with Crippen molar-refractivity contribution in [2.24, 2.45) is 5.92 Å². The average molecular weight is 284 g/mol. The number of carbonyl (C=O) groups excluding carboxylic acids is 1. The summed E-state index contributed by atoms with van der Waals surface area (Å²) in [4.78, 5) is 26.9. The quantitative estimate of drug-likeness (QED) is 0.766. The van der Waals surface area contributed by atoms with Crippen LogP contribution in [0.2, 0.25) is 0 Å². The van der Waals surface area contributed by atoms with Crippen LogP contribution in [0.4, 0.5) is 0 Å².